The molecule has 3 aromatic rings. The van der Waals surface area contributed by atoms with Crippen molar-refractivity contribution in [2.75, 3.05) is 24.7 Å². The molecule has 1 aromatic heterocycles. The number of hydrogen-bond donors (Lipinski definition) is 1. The molecular weight excluding hydrogens is 467 g/mol. The predicted molar refractivity (Wildman–Crippen MR) is 115 cm³/mol. The molecule has 168 valence electrons. The van der Waals surface area contributed by atoms with Crippen molar-refractivity contribution in [2.24, 2.45) is 0 Å². The molecule has 1 N–H and O–H groups in total. The van der Waals surface area contributed by atoms with E-state index in [9.17, 15) is 22.8 Å². The first-order valence-electron chi connectivity index (χ1n) is 9.14. The van der Waals surface area contributed by atoms with Gasteiger partial charge in [-0.25, -0.2) is 0 Å². The highest BCUT2D eigenvalue weighted by Crippen LogP contribution is 2.36. The highest BCUT2D eigenvalue weighted by molar-refractivity contribution is 7.99. The summed E-state index contributed by atoms with van der Waals surface area (Å²) in [6.45, 7) is -0.339. The van der Waals surface area contributed by atoms with Crippen LogP contribution in [0.4, 0.5) is 18.9 Å². The van der Waals surface area contributed by atoms with E-state index in [-0.39, 0.29) is 23.9 Å². The van der Waals surface area contributed by atoms with Crippen LogP contribution in [0.25, 0.3) is 5.69 Å². The molecule has 0 saturated heterocycles. The van der Waals surface area contributed by atoms with Crippen molar-refractivity contribution in [3.63, 3.8) is 0 Å². The van der Waals surface area contributed by atoms with Gasteiger partial charge in [0.25, 0.3) is 0 Å². The molecule has 0 radical (unpaired) electrons. The molecule has 3 rings (SSSR count). The predicted octanol–water partition coefficient (Wildman–Crippen LogP) is 4.13. The Hall–Kier alpha value is -3.05. The fourth-order valence-electron chi connectivity index (χ4n) is 2.65. The van der Waals surface area contributed by atoms with Crippen LogP contribution in [0.15, 0.2) is 60.0 Å². The SMILES string of the molecule is CN(CC(=O)Nc1ccc(Cl)c(C(F)(F)F)c1)C(=O)CSc1nncn1-c1ccccc1. The monoisotopic (exact) mass is 483 g/mol. The van der Waals surface area contributed by atoms with Gasteiger partial charge in [-0.05, 0) is 30.3 Å². The summed E-state index contributed by atoms with van der Waals surface area (Å²) in [5.74, 6) is -1.01. The number of para-hydroxylation sites is 1. The molecule has 0 unspecified atom stereocenters. The van der Waals surface area contributed by atoms with Crippen LogP contribution < -0.4 is 5.32 Å². The topological polar surface area (TPSA) is 80.1 Å². The summed E-state index contributed by atoms with van der Waals surface area (Å²) in [7, 11) is 1.42. The molecule has 0 aliphatic carbocycles. The minimum Gasteiger partial charge on any atom is -0.336 e. The van der Waals surface area contributed by atoms with E-state index in [2.05, 4.69) is 15.5 Å². The van der Waals surface area contributed by atoms with Crippen LogP contribution in [0.1, 0.15) is 5.56 Å². The Balaban J connectivity index is 1.55. The van der Waals surface area contributed by atoms with Crippen LogP contribution in [0.2, 0.25) is 5.02 Å². The highest BCUT2D eigenvalue weighted by Gasteiger charge is 2.33. The Morgan fingerprint density at radius 3 is 2.59 bits per heavy atom. The van der Waals surface area contributed by atoms with E-state index in [1.165, 1.54) is 24.3 Å². The molecule has 32 heavy (non-hydrogen) atoms. The molecule has 0 fully saturated rings. The summed E-state index contributed by atoms with van der Waals surface area (Å²) in [6, 6.07) is 12.4. The lowest BCUT2D eigenvalue weighted by molar-refractivity contribution is -0.137. The lowest BCUT2D eigenvalue weighted by Crippen LogP contribution is -2.36. The molecule has 0 spiro atoms. The Morgan fingerprint density at radius 1 is 1.19 bits per heavy atom. The van der Waals surface area contributed by atoms with E-state index in [1.54, 1.807) is 4.57 Å². The number of aromatic nitrogens is 3. The number of benzene rings is 2. The summed E-state index contributed by atoms with van der Waals surface area (Å²) < 4.78 is 40.6. The first kappa shape index (κ1) is 23.6. The number of thioether (sulfide) groups is 1. The van der Waals surface area contributed by atoms with Gasteiger partial charge in [0.1, 0.15) is 6.33 Å². The van der Waals surface area contributed by atoms with Gasteiger partial charge in [0, 0.05) is 18.4 Å². The lowest BCUT2D eigenvalue weighted by Gasteiger charge is -2.17. The van der Waals surface area contributed by atoms with Gasteiger partial charge >= 0.3 is 6.18 Å². The van der Waals surface area contributed by atoms with Crippen LogP contribution in [-0.2, 0) is 15.8 Å². The van der Waals surface area contributed by atoms with Crippen molar-refractivity contribution in [2.45, 2.75) is 11.3 Å². The van der Waals surface area contributed by atoms with Crippen molar-refractivity contribution in [3.05, 3.63) is 65.4 Å². The number of carbonyl (C=O) groups is 2. The molecule has 2 amide bonds. The Morgan fingerprint density at radius 2 is 1.91 bits per heavy atom. The summed E-state index contributed by atoms with van der Waals surface area (Å²) in [5.41, 5.74) is -0.292. The fraction of sp³-hybridized carbons (Fsp3) is 0.200. The van der Waals surface area contributed by atoms with Gasteiger partial charge in [-0.15, -0.1) is 10.2 Å². The molecule has 0 bridgehead atoms. The van der Waals surface area contributed by atoms with Crippen molar-refractivity contribution < 1.29 is 22.8 Å². The first-order valence-corrected chi connectivity index (χ1v) is 10.5. The molecule has 1 heterocycles. The van der Waals surface area contributed by atoms with Crippen LogP contribution in [0.5, 0.6) is 0 Å². The third-order valence-corrected chi connectivity index (χ3v) is 5.50. The first-order chi connectivity index (χ1) is 15.1. The number of amides is 2. The molecule has 0 aliphatic heterocycles. The number of nitrogens with one attached hydrogen (secondary N) is 1. The van der Waals surface area contributed by atoms with Gasteiger partial charge in [-0.3, -0.25) is 14.2 Å². The minimum atomic E-state index is -4.65. The molecular formula is C20H17ClF3N5O2S. The average molecular weight is 484 g/mol. The fourth-order valence-corrected chi connectivity index (χ4v) is 3.74. The lowest BCUT2D eigenvalue weighted by atomic mass is 10.2. The van der Waals surface area contributed by atoms with E-state index in [0.717, 1.165) is 29.6 Å². The summed E-state index contributed by atoms with van der Waals surface area (Å²) in [5, 5.41) is 10.2. The largest absolute Gasteiger partial charge is 0.417 e. The van der Waals surface area contributed by atoms with Crippen molar-refractivity contribution in [1.29, 1.82) is 0 Å². The van der Waals surface area contributed by atoms with E-state index in [0.29, 0.717) is 5.16 Å². The van der Waals surface area contributed by atoms with E-state index >= 15 is 0 Å². The van der Waals surface area contributed by atoms with Gasteiger partial charge in [0.05, 0.1) is 22.9 Å². The van der Waals surface area contributed by atoms with Crippen LogP contribution >= 0.6 is 23.4 Å². The number of halogens is 4. The highest BCUT2D eigenvalue weighted by atomic mass is 35.5. The molecule has 0 aliphatic rings. The van der Waals surface area contributed by atoms with Gasteiger partial charge in [0.2, 0.25) is 11.8 Å². The maximum Gasteiger partial charge on any atom is 0.417 e. The Bertz CT molecular complexity index is 1110. The second kappa shape index (κ2) is 10.0. The molecule has 0 saturated carbocycles. The van der Waals surface area contributed by atoms with Crippen molar-refractivity contribution in [3.8, 4) is 5.69 Å². The Kier molecular flexibility index (Phi) is 7.41. The van der Waals surface area contributed by atoms with E-state index < -0.39 is 22.7 Å². The molecule has 7 nitrogen and oxygen atoms in total. The maximum absolute atomic E-state index is 13.0. The van der Waals surface area contributed by atoms with Crippen molar-refractivity contribution >= 4 is 40.9 Å². The smallest absolute Gasteiger partial charge is 0.336 e. The number of likely N-dealkylation sites (N-methyl/N-ethyl adjacent to an activating group) is 1. The number of alkyl halides is 3. The standard InChI is InChI=1S/C20H17ClF3N5O2S/c1-28(10-17(30)26-13-7-8-16(21)15(9-13)20(22,23)24)18(31)11-32-19-27-25-12-29(19)14-5-3-2-4-6-14/h2-9,12H,10-11H2,1H3,(H,26,30). The zero-order valence-corrected chi connectivity index (χ0v) is 18.2. The van der Waals surface area contributed by atoms with Crippen LogP contribution in [0.3, 0.4) is 0 Å². The average Bonchev–Trinajstić information content (AvgIpc) is 3.21. The second-order valence-electron chi connectivity index (χ2n) is 6.60. The molecule has 12 heteroatoms. The zero-order valence-electron chi connectivity index (χ0n) is 16.6. The van der Waals surface area contributed by atoms with Gasteiger partial charge in [0.15, 0.2) is 5.16 Å². The van der Waals surface area contributed by atoms with E-state index in [4.69, 9.17) is 11.6 Å². The third-order valence-electron chi connectivity index (χ3n) is 4.24. The summed E-state index contributed by atoms with van der Waals surface area (Å²) >= 11 is 6.72. The number of nitrogens with zero attached hydrogens (tertiary/aromatic N) is 4. The molecule has 2 aromatic carbocycles. The zero-order chi connectivity index (χ0) is 23.3. The number of carbonyl (C=O) groups excluding carboxylic acids is 2. The Labute approximate surface area is 190 Å². The van der Waals surface area contributed by atoms with Gasteiger partial charge in [-0.1, -0.05) is 41.6 Å². The number of hydrogen-bond acceptors (Lipinski definition) is 5. The normalized spacial score (nSPS) is 11.3. The van der Waals surface area contributed by atoms with E-state index in [1.807, 2.05) is 30.3 Å². The third kappa shape index (κ3) is 6.01. The minimum absolute atomic E-state index is 0.00548. The number of rotatable bonds is 7. The summed E-state index contributed by atoms with van der Waals surface area (Å²) in [4.78, 5) is 25.8. The second-order valence-corrected chi connectivity index (χ2v) is 7.95. The quantitative estimate of drug-likeness (QED) is 0.511. The summed E-state index contributed by atoms with van der Waals surface area (Å²) in [6.07, 6.45) is -3.12. The van der Waals surface area contributed by atoms with Crippen molar-refractivity contribution in [1.82, 2.24) is 19.7 Å². The van der Waals surface area contributed by atoms with Crippen LogP contribution in [-0.4, -0.2) is 50.8 Å². The number of anilines is 1. The molecule has 0 atom stereocenters. The van der Waals surface area contributed by atoms with Crippen LogP contribution in [0, 0.1) is 0 Å². The van der Waals surface area contributed by atoms with Gasteiger partial charge < -0.3 is 10.2 Å². The van der Waals surface area contributed by atoms with Gasteiger partial charge in [-0.2, -0.15) is 13.2 Å². The maximum atomic E-state index is 13.0.